The zero-order valence-electron chi connectivity index (χ0n) is 53.6. The van der Waals surface area contributed by atoms with Gasteiger partial charge in [0.25, 0.3) is 0 Å². The molecule has 0 unspecified atom stereocenters. The summed E-state index contributed by atoms with van der Waals surface area (Å²) in [6, 6.07) is 35.7. The molecule has 6 nitrogen and oxygen atoms in total. The molecule has 0 aliphatic rings. The van der Waals surface area contributed by atoms with Crippen molar-refractivity contribution < 1.29 is 27.5 Å². The zero-order chi connectivity index (χ0) is 59.1. The van der Waals surface area contributed by atoms with E-state index < -0.39 is 16.5 Å². The highest BCUT2D eigenvalue weighted by molar-refractivity contribution is 7.61. The van der Waals surface area contributed by atoms with Crippen molar-refractivity contribution in [3.8, 4) is 28.7 Å². The SMILES string of the molecule is CC(C)(C)c1ccc(OP(Oc2ccc(C(C)(C)C)cc2C(C)(C)C)Oc2ccc(C(C)(C)C)cc2C(C)(C)C)c(C(C)(C)C)c1.CCCCCCCC[P+](O)(Oc1ccccc1C(C)(C)C)Oc1ccccc1C(C)(C)C. The fourth-order valence-corrected chi connectivity index (χ4v) is 12.0. The Morgan fingerprint density at radius 2 is 0.615 bits per heavy atom. The minimum Gasteiger partial charge on any atom is -0.408 e. The maximum atomic E-state index is 11.8. The summed E-state index contributed by atoms with van der Waals surface area (Å²) in [7, 11) is -5.05. The molecule has 0 fully saturated rings. The summed E-state index contributed by atoms with van der Waals surface area (Å²) in [5.74, 6) is 3.81. The van der Waals surface area contributed by atoms with Crippen LogP contribution in [0.15, 0.2) is 103 Å². The molecule has 5 aromatic carbocycles. The van der Waals surface area contributed by atoms with Gasteiger partial charge in [0.2, 0.25) is 0 Å². The van der Waals surface area contributed by atoms with E-state index in [-0.39, 0.29) is 43.3 Å². The van der Waals surface area contributed by atoms with Crippen molar-refractivity contribution >= 4 is 16.5 Å². The van der Waals surface area contributed by atoms with E-state index in [1.54, 1.807) is 0 Å². The van der Waals surface area contributed by atoms with Gasteiger partial charge in [-0.15, -0.1) is 0 Å². The Morgan fingerprint density at radius 1 is 0.333 bits per heavy atom. The standard InChI is InChI=1S/C42H63O3P.C28H44O3P/c1-37(2,3)28-19-22-34(31(25-28)40(10,11)12)43-46(44-35-23-20-29(38(4,5)6)26-32(35)41(13,14)15)45-36-24-21-30(39(7,8)9)27-33(36)42(16,17)18;1-8-9-10-11-12-17-22-32(29,30-25-20-15-13-18-23(25)27(2,3)4)31-26-21-16-14-19-24(26)28(5,6)7/h19-27H,1-18H3;13-16,18-21,29H,8-12,17,22H2,1-7H3/q;+1. The number of benzene rings is 5. The van der Waals surface area contributed by atoms with Gasteiger partial charge in [0.1, 0.15) is 17.2 Å². The van der Waals surface area contributed by atoms with Crippen molar-refractivity contribution in [2.45, 2.75) is 255 Å². The molecular weight excluding hydrogens is 999 g/mol. The van der Waals surface area contributed by atoms with Crippen LogP contribution < -0.4 is 22.6 Å². The molecule has 0 saturated carbocycles. The average Bonchev–Trinajstić information content (AvgIpc) is 3.28. The third-order valence-electron chi connectivity index (χ3n) is 14.1. The Kier molecular flexibility index (Phi) is 22.0. The van der Waals surface area contributed by atoms with Crippen molar-refractivity contribution in [3.63, 3.8) is 0 Å². The van der Waals surface area contributed by atoms with Gasteiger partial charge in [-0.2, -0.15) is 4.89 Å². The van der Waals surface area contributed by atoms with Crippen LogP contribution in [0.1, 0.15) is 256 Å². The molecule has 0 bridgehead atoms. The molecule has 1 N–H and O–H groups in total. The highest BCUT2D eigenvalue weighted by atomic mass is 31.2. The number of unbranched alkanes of at least 4 members (excludes halogenated alkanes) is 5. The number of hydrogen-bond donors (Lipinski definition) is 1. The fourth-order valence-electron chi connectivity index (χ4n) is 9.12. The first kappa shape index (κ1) is 66.4. The van der Waals surface area contributed by atoms with Gasteiger partial charge in [-0.25, -0.2) is 0 Å². The monoisotopic (exact) mass is 1110 g/mol. The minimum absolute atomic E-state index is 0.0170. The molecule has 78 heavy (non-hydrogen) atoms. The van der Waals surface area contributed by atoms with E-state index in [4.69, 9.17) is 22.6 Å². The summed E-state index contributed by atoms with van der Waals surface area (Å²) in [5, 5.41) is 0. The summed E-state index contributed by atoms with van der Waals surface area (Å²) in [6.07, 6.45) is 7.43. The predicted molar refractivity (Wildman–Crippen MR) is 339 cm³/mol. The van der Waals surface area contributed by atoms with Gasteiger partial charge in [0.05, 0.1) is 0 Å². The molecule has 0 aromatic heterocycles. The van der Waals surface area contributed by atoms with Crippen LogP contribution in [0.4, 0.5) is 0 Å². The van der Waals surface area contributed by atoms with E-state index in [2.05, 4.69) is 240 Å². The second kappa shape index (κ2) is 25.8. The molecule has 0 radical (unpaired) electrons. The van der Waals surface area contributed by atoms with Crippen LogP contribution in [0.25, 0.3) is 0 Å². The highest BCUT2D eigenvalue weighted by Crippen LogP contribution is 2.59. The van der Waals surface area contributed by atoms with Crippen molar-refractivity contribution in [3.05, 3.63) is 148 Å². The largest absolute Gasteiger partial charge is 0.530 e. The maximum Gasteiger partial charge on any atom is 0.530 e. The lowest BCUT2D eigenvalue weighted by Crippen LogP contribution is -2.20. The Morgan fingerprint density at radius 3 is 0.897 bits per heavy atom. The first-order valence-electron chi connectivity index (χ1n) is 29.0. The van der Waals surface area contributed by atoms with E-state index in [1.807, 2.05) is 36.4 Å². The Labute approximate surface area is 479 Å². The van der Waals surface area contributed by atoms with Crippen LogP contribution in [0.2, 0.25) is 0 Å². The maximum absolute atomic E-state index is 11.8. The summed E-state index contributed by atoms with van der Waals surface area (Å²) in [6.45, 7) is 55.5. The van der Waals surface area contributed by atoms with Gasteiger partial charge < -0.3 is 13.6 Å². The summed E-state index contributed by atoms with van der Waals surface area (Å²) in [4.78, 5) is 11.8. The fraction of sp³-hybridized carbons (Fsp3) is 0.571. The van der Waals surface area contributed by atoms with Gasteiger partial charge in [0.15, 0.2) is 17.7 Å². The third kappa shape index (κ3) is 19.6. The second-order valence-electron chi connectivity index (χ2n) is 29.9. The predicted octanol–water partition coefficient (Wildman–Crippen LogP) is 22.1. The summed E-state index contributed by atoms with van der Waals surface area (Å²) in [5.41, 5.74) is 8.82. The van der Waals surface area contributed by atoms with Gasteiger partial charge in [-0.1, -0.05) is 272 Å². The lowest BCUT2D eigenvalue weighted by Gasteiger charge is -2.31. The molecular formula is C70H107O6P2+. The number of para-hydroxylation sites is 2. The molecule has 0 saturated heterocycles. The van der Waals surface area contributed by atoms with E-state index in [0.29, 0.717) is 6.16 Å². The van der Waals surface area contributed by atoms with Crippen LogP contribution in [0, 0.1) is 0 Å². The molecule has 0 spiro atoms. The summed E-state index contributed by atoms with van der Waals surface area (Å²) < 4.78 is 33.5. The van der Waals surface area contributed by atoms with Gasteiger partial charge in [0, 0.05) is 27.8 Å². The highest BCUT2D eigenvalue weighted by Gasteiger charge is 2.45. The molecule has 0 aliphatic heterocycles. The number of hydrogen-bond acceptors (Lipinski definition) is 6. The topological polar surface area (TPSA) is 66.4 Å². The van der Waals surface area contributed by atoms with E-state index >= 15 is 0 Å². The van der Waals surface area contributed by atoms with Gasteiger partial charge >= 0.3 is 16.5 Å². The van der Waals surface area contributed by atoms with E-state index in [1.165, 1.54) is 42.4 Å². The van der Waals surface area contributed by atoms with Crippen LogP contribution in [-0.2, 0) is 43.3 Å². The van der Waals surface area contributed by atoms with Gasteiger partial charge in [-0.3, -0.25) is 9.05 Å². The molecule has 0 heterocycles. The molecule has 0 amide bonds. The van der Waals surface area contributed by atoms with E-state index in [0.717, 1.165) is 69.4 Å². The second-order valence-corrected chi connectivity index (χ2v) is 33.0. The lowest BCUT2D eigenvalue weighted by molar-refractivity contribution is 0.336. The van der Waals surface area contributed by atoms with Crippen LogP contribution in [0.3, 0.4) is 0 Å². The third-order valence-corrected chi connectivity index (χ3v) is 17.0. The zero-order valence-corrected chi connectivity index (χ0v) is 55.4. The smallest absolute Gasteiger partial charge is 0.408 e. The first-order chi connectivity index (χ1) is 35.5. The lowest BCUT2D eigenvalue weighted by atomic mass is 9.80. The Bertz CT molecular complexity index is 2450. The Hall–Kier alpha value is -4.08. The van der Waals surface area contributed by atoms with Crippen LogP contribution >= 0.6 is 16.5 Å². The summed E-state index contributed by atoms with van der Waals surface area (Å²) >= 11 is 0. The number of rotatable bonds is 17. The van der Waals surface area contributed by atoms with Crippen LogP contribution in [0.5, 0.6) is 28.7 Å². The van der Waals surface area contributed by atoms with E-state index in [9.17, 15) is 4.89 Å². The van der Waals surface area contributed by atoms with Crippen molar-refractivity contribution in [2.75, 3.05) is 6.16 Å². The first-order valence-corrected chi connectivity index (χ1v) is 31.9. The average molecular weight is 1110 g/mol. The molecule has 5 rings (SSSR count). The molecule has 5 aromatic rings. The van der Waals surface area contributed by atoms with Crippen molar-refractivity contribution in [1.29, 1.82) is 0 Å². The molecule has 0 aliphatic carbocycles. The van der Waals surface area contributed by atoms with Crippen molar-refractivity contribution in [2.24, 2.45) is 0 Å². The molecule has 0 atom stereocenters. The minimum atomic E-state index is -3.16. The van der Waals surface area contributed by atoms with Gasteiger partial charge in [-0.05, 0) is 103 Å². The molecule has 432 valence electrons. The van der Waals surface area contributed by atoms with Crippen molar-refractivity contribution in [1.82, 2.24) is 0 Å². The quantitative estimate of drug-likeness (QED) is 0.0739. The normalized spacial score (nSPS) is 13.2. The van der Waals surface area contributed by atoms with Crippen LogP contribution in [-0.4, -0.2) is 11.1 Å². The molecule has 8 heteroatoms. The Balaban J connectivity index is 0.000000359.